The van der Waals surface area contributed by atoms with Gasteiger partial charge in [-0.2, -0.15) is 0 Å². The van der Waals surface area contributed by atoms with Gasteiger partial charge in [0.1, 0.15) is 10.5 Å². The Morgan fingerprint density at radius 1 is 1.32 bits per heavy atom. The summed E-state index contributed by atoms with van der Waals surface area (Å²) in [7, 11) is 0. The van der Waals surface area contributed by atoms with E-state index in [1.54, 1.807) is 18.3 Å². The molecule has 1 atom stereocenters. The Morgan fingerprint density at radius 2 is 2.16 bits per heavy atom. The summed E-state index contributed by atoms with van der Waals surface area (Å²) in [5.74, 6) is -0.0192. The third-order valence-corrected chi connectivity index (χ3v) is 5.84. The van der Waals surface area contributed by atoms with Crippen molar-refractivity contribution in [2.24, 2.45) is 0 Å². The fourth-order valence-electron chi connectivity index (χ4n) is 3.61. The second kappa shape index (κ2) is 6.11. The van der Waals surface area contributed by atoms with Crippen molar-refractivity contribution >= 4 is 33.8 Å². The van der Waals surface area contributed by atoms with Crippen LogP contribution in [-0.4, -0.2) is 29.0 Å². The number of hydrogen-bond acceptors (Lipinski definition) is 5. The largest absolute Gasteiger partial charge is 0.368 e. The molecule has 0 spiro atoms. The van der Waals surface area contributed by atoms with Gasteiger partial charge in [-0.15, -0.1) is 11.3 Å². The zero-order chi connectivity index (χ0) is 17.4. The van der Waals surface area contributed by atoms with E-state index in [1.165, 1.54) is 0 Å². The highest BCUT2D eigenvalue weighted by atomic mass is 32.1. The van der Waals surface area contributed by atoms with Gasteiger partial charge in [-0.05, 0) is 25.5 Å². The summed E-state index contributed by atoms with van der Waals surface area (Å²) >= 11 is 1.62. The molecule has 0 radical (unpaired) electrons. The lowest BCUT2D eigenvalue weighted by molar-refractivity contribution is -0.120. The molecule has 25 heavy (non-hydrogen) atoms. The number of rotatable bonds is 3. The SMILES string of the molecule is CC(=O)NC1(c2nc(C)cs2)CCN(c2ccnc3ccccc23)C1. The maximum Gasteiger partial charge on any atom is 0.217 e. The van der Waals surface area contributed by atoms with Gasteiger partial charge < -0.3 is 10.2 Å². The van der Waals surface area contributed by atoms with Gasteiger partial charge >= 0.3 is 0 Å². The van der Waals surface area contributed by atoms with Crippen molar-refractivity contribution in [2.45, 2.75) is 25.8 Å². The van der Waals surface area contributed by atoms with Gasteiger partial charge in [-0.25, -0.2) is 4.98 Å². The summed E-state index contributed by atoms with van der Waals surface area (Å²) in [5.41, 5.74) is 2.72. The second-order valence-corrected chi connectivity index (χ2v) is 7.43. The van der Waals surface area contributed by atoms with Crippen LogP contribution in [0.4, 0.5) is 5.69 Å². The molecule has 128 valence electrons. The van der Waals surface area contributed by atoms with E-state index in [-0.39, 0.29) is 5.91 Å². The normalized spacial score (nSPS) is 20.2. The first-order chi connectivity index (χ1) is 12.1. The number of anilines is 1. The lowest BCUT2D eigenvalue weighted by Crippen LogP contribution is -2.47. The average molecular weight is 352 g/mol. The molecule has 6 heteroatoms. The molecule has 1 aromatic carbocycles. The van der Waals surface area contributed by atoms with E-state index in [1.807, 2.05) is 36.7 Å². The summed E-state index contributed by atoms with van der Waals surface area (Å²) in [6, 6.07) is 10.2. The molecule has 0 bridgehead atoms. The highest BCUT2D eigenvalue weighted by molar-refractivity contribution is 7.09. The highest BCUT2D eigenvalue weighted by Gasteiger charge is 2.43. The van der Waals surface area contributed by atoms with E-state index in [9.17, 15) is 4.79 Å². The van der Waals surface area contributed by atoms with Crippen LogP contribution in [0.15, 0.2) is 41.9 Å². The summed E-state index contributed by atoms with van der Waals surface area (Å²) in [6.45, 7) is 5.15. The highest BCUT2D eigenvalue weighted by Crippen LogP contribution is 2.38. The summed E-state index contributed by atoms with van der Waals surface area (Å²) < 4.78 is 0. The Balaban J connectivity index is 1.73. The van der Waals surface area contributed by atoms with Crippen molar-refractivity contribution in [2.75, 3.05) is 18.0 Å². The van der Waals surface area contributed by atoms with Crippen LogP contribution in [0.25, 0.3) is 10.9 Å². The Morgan fingerprint density at radius 3 is 2.92 bits per heavy atom. The zero-order valence-electron chi connectivity index (χ0n) is 14.3. The van der Waals surface area contributed by atoms with Crippen molar-refractivity contribution in [1.29, 1.82) is 0 Å². The number of carbonyl (C=O) groups excluding carboxylic acids is 1. The molecule has 1 aliphatic rings. The van der Waals surface area contributed by atoms with Gasteiger partial charge in [0, 0.05) is 48.4 Å². The van der Waals surface area contributed by atoms with Gasteiger partial charge in [0.05, 0.1) is 5.52 Å². The van der Waals surface area contributed by atoms with Crippen LogP contribution in [-0.2, 0) is 10.3 Å². The average Bonchev–Trinajstić information content (AvgIpc) is 3.21. The second-order valence-electron chi connectivity index (χ2n) is 6.58. The minimum absolute atomic E-state index is 0.0192. The van der Waals surface area contributed by atoms with Crippen molar-refractivity contribution in [3.05, 3.63) is 52.6 Å². The number of nitrogens with one attached hydrogen (secondary N) is 1. The van der Waals surface area contributed by atoms with Crippen LogP contribution in [0.2, 0.25) is 0 Å². The maximum absolute atomic E-state index is 11.9. The van der Waals surface area contributed by atoms with E-state index in [0.717, 1.165) is 40.3 Å². The van der Waals surface area contributed by atoms with Crippen molar-refractivity contribution in [3.63, 3.8) is 0 Å². The molecule has 3 heterocycles. The molecule has 2 aromatic heterocycles. The minimum Gasteiger partial charge on any atom is -0.368 e. The third kappa shape index (κ3) is 2.87. The van der Waals surface area contributed by atoms with Crippen LogP contribution < -0.4 is 10.2 Å². The van der Waals surface area contributed by atoms with Crippen LogP contribution >= 0.6 is 11.3 Å². The Kier molecular flexibility index (Phi) is 3.92. The van der Waals surface area contributed by atoms with Gasteiger partial charge in [-0.1, -0.05) is 18.2 Å². The van der Waals surface area contributed by atoms with Gasteiger partial charge in [0.25, 0.3) is 0 Å². The fourth-order valence-corrected chi connectivity index (χ4v) is 4.59. The van der Waals surface area contributed by atoms with Crippen LogP contribution in [0.3, 0.4) is 0 Å². The van der Waals surface area contributed by atoms with E-state index in [2.05, 4.69) is 32.3 Å². The molecule has 1 saturated heterocycles. The molecule has 1 amide bonds. The molecule has 3 aromatic rings. The molecule has 4 rings (SSSR count). The number of nitrogens with zero attached hydrogens (tertiary/aromatic N) is 3. The number of pyridine rings is 1. The number of amides is 1. The number of hydrogen-bond donors (Lipinski definition) is 1. The van der Waals surface area contributed by atoms with Crippen LogP contribution in [0.5, 0.6) is 0 Å². The van der Waals surface area contributed by atoms with E-state index in [0.29, 0.717) is 6.54 Å². The van der Waals surface area contributed by atoms with Crippen LogP contribution in [0, 0.1) is 6.92 Å². The molecule has 1 N–H and O–H groups in total. The van der Waals surface area contributed by atoms with E-state index < -0.39 is 5.54 Å². The zero-order valence-corrected chi connectivity index (χ0v) is 15.1. The van der Waals surface area contributed by atoms with Crippen LogP contribution in [0.1, 0.15) is 24.0 Å². The summed E-state index contributed by atoms with van der Waals surface area (Å²) in [5, 5.41) is 7.35. The van der Waals surface area contributed by atoms with Crippen molar-refractivity contribution in [1.82, 2.24) is 15.3 Å². The standard InChI is InChI=1S/C19H20N4OS/c1-13-11-25-18(21-13)19(22-14(2)24)8-10-23(12-19)17-7-9-20-16-6-4-3-5-15(16)17/h3-7,9,11H,8,10,12H2,1-2H3,(H,22,24). The molecule has 5 nitrogen and oxygen atoms in total. The molecule has 0 aliphatic carbocycles. The number of aryl methyl sites for hydroxylation is 1. The molecule has 1 aliphatic heterocycles. The predicted molar refractivity (Wildman–Crippen MR) is 101 cm³/mol. The van der Waals surface area contributed by atoms with Gasteiger partial charge in [0.2, 0.25) is 5.91 Å². The van der Waals surface area contributed by atoms with Gasteiger partial charge in [0.15, 0.2) is 0 Å². The number of thiazole rings is 1. The smallest absolute Gasteiger partial charge is 0.217 e. The number of carbonyl (C=O) groups is 1. The van der Waals surface area contributed by atoms with Crippen molar-refractivity contribution in [3.8, 4) is 0 Å². The monoisotopic (exact) mass is 352 g/mol. The first-order valence-electron chi connectivity index (χ1n) is 8.37. The molecular weight excluding hydrogens is 332 g/mol. The predicted octanol–water partition coefficient (Wildman–Crippen LogP) is 3.24. The molecule has 1 unspecified atom stereocenters. The number of para-hydroxylation sites is 1. The van der Waals surface area contributed by atoms with Gasteiger partial charge in [-0.3, -0.25) is 9.78 Å². The number of aromatic nitrogens is 2. The quantitative estimate of drug-likeness (QED) is 0.786. The Hall–Kier alpha value is -2.47. The Bertz CT molecular complexity index is 933. The van der Waals surface area contributed by atoms with E-state index in [4.69, 9.17) is 0 Å². The first-order valence-corrected chi connectivity index (χ1v) is 9.25. The minimum atomic E-state index is -0.421. The number of fused-ring (bicyclic) bond motifs is 1. The Labute approximate surface area is 150 Å². The first kappa shape index (κ1) is 16.0. The molecular formula is C19H20N4OS. The lowest BCUT2D eigenvalue weighted by atomic mass is 9.99. The van der Waals surface area contributed by atoms with E-state index >= 15 is 0 Å². The summed E-state index contributed by atoms with van der Waals surface area (Å²) in [6.07, 6.45) is 2.69. The molecule has 1 fully saturated rings. The lowest BCUT2D eigenvalue weighted by Gasteiger charge is -2.29. The maximum atomic E-state index is 11.9. The molecule has 0 saturated carbocycles. The van der Waals surface area contributed by atoms with Crippen molar-refractivity contribution < 1.29 is 4.79 Å². The summed E-state index contributed by atoms with van der Waals surface area (Å²) in [4.78, 5) is 23.3. The third-order valence-electron chi connectivity index (χ3n) is 4.68. The topological polar surface area (TPSA) is 58.1 Å². The number of benzene rings is 1. The fraction of sp³-hybridized carbons (Fsp3) is 0.316.